The van der Waals surface area contributed by atoms with E-state index in [0.29, 0.717) is 32.2 Å². The maximum atomic E-state index is 12.9. The molecule has 12 heteroatoms. The molecule has 2 amide bonds. The molecule has 8 unspecified atom stereocenters. The van der Waals surface area contributed by atoms with E-state index in [1.54, 1.807) is 14.2 Å². The highest BCUT2D eigenvalue weighted by Crippen LogP contribution is 2.35. The van der Waals surface area contributed by atoms with Gasteiger partial charge in [-0.25, -0.2) is 10.4 Å². The summed E-state index contributed by atoms with van der Waals surface area (Å²) in [7, 11) is 3.32. The predicted octanol–water partition coefficient (Wildman–Crippen LogP) is 0.515. The van der Waals surface area contributed by atoms with Crippen molar-refractivity contribution in [3.05, 3.63) is 0 Å². The Labute approximate surface area is 211 Å². The second-order valence-electron chi connectivity index (χ2n) is 9.87. The number of carbonyl (C=O) groups is 2. The van der Waals surface area contributed by atoms with Crippen molar-refractivity contribution in [3.8, 4) is 0 Å². The Morgan fingerprint density at radius 3 is 2.74 bits per heavy atom. The number of ether oxygens (including phenoxy) is 3. The van der Waals surface area contributed by atoms with Crippen molar-refractivity contribution in [1.82, 2.24) is 21.1 Å². The van der Waals surface area contributed by atoms with E-state index in [0.717, 1.165) is 25.2 Å². The van der Waals surface area contributed by atoms with Crippen LogP contribution in [0.5, 0.6) is 0 Å². The largest absolute Gasteiger partial charge is 0.382 e. The Balaban J connectivity index is 1.21. The summed E-state index contributed by atoms with van der Waals surface area (Å²) in [4.78, 5) is 30.7. The zero-order chi connectivity index (χ0) is 24.9. The summed E-state index contributed by atoms with van der Waals surface area (Å²) < 4.78 is 16.7. The Hall–Kier alpha value is -1.50. The Kier molecular flexibility index (Phi) is 9.23. The van der Waals surface area contributed by atoms with Crippen LogP contribution in [0.4, 0.5) is 0 Å². The molecule has 4 rings (SSSR count). The molecule has 3 fully saturated rings. The molecule has 8 atom stereocenters. The average molecular weight is 516 g/mol. The van der Waals surface area contributed by atoms with E-state index in [-0.39, 0.29) is 60.2 Å². The molecule has 0 spiro atoms. The third-order valence-corrected chi connectivity index (χ3v) is 7.88. The molecular weight excluding hydrogens is 478 g/mol. The summed E-state index contributed by atoms with van der Waals surface area (Å²) in [6.45, 7) is 3.52. The molecule has 2 saturated heterocycles. The molecule has 3 N–H and O–H groups in total. The second-order valence-corrected chi connectivity index (χ2v) is 10.4. The van der Waals surface area contributed by atoms with Gasteiger partial charge in [0.05, 0.1) is 42.1 Å². The quantitative estimate of drug-likeness (QED) is 0.380. The summed E-state index contributed by atoms with van der Waals surface area (Å²) in [6.07, 6.45) is 3.38. The Morgan fingerprint density at radius 2 is 2.03 bits per heavy atom. The number of hydrazine groups is 1. The first-order valence-corrected chi connectivity index (χ1v) is 12.9. The van der Waals surface area contributed by atoms with Crippen LogP contribution in [-0.2, 0) is 28.6 Å². The number of nitrogens with one attached hydrogen (secondary N) is 3. The van der Waals surface area contributed by atoms with Gasteiger partial charge in [-0.3, -0.25) is 9.59 Å². The molecular formula is C23H38ClN5O6. The molecule has 1 aliphatic carbocycles. The maximum absolute atomic E-state index is 12.9. The smallest absolute Gasteiger partial charge is 0.265 e. The van der Waals surface area contributed by atoms with Crippen LogP contribution in [0.25, 0.3) is 0 Å². The predicted molar refractivity (Wildman–Crippen MR) is 129 cm³/mol. The zero-order valence-electron chi connectivity index (χ0n) is 20.7. The molecule has 35 heavy (non-hydrogen) atoms. The number of hydrogen-bond donors (Lipinski definition) is 3. The number of rotatable bonds is 9. The molecule has 0 aromatic rings. The molecule has 1 saturated carbocycles. The van der Waals surface area contributed by atoms with Gasteiger partial charge in [0, 0.05) is 52.2 Å². The van der Waals surface area contributed by atoms with Gasteiger partial charge in [-0.05, 0) is 32.6 Å². The normalized spacial score (nSPS) is 37.7. The molecule has 0 aromatic heterocycles. The van der Waals surface area contributed by atoms with Crippen LogP contribution in [-0.4, -0.2) is 98.5 Å². The lowest BCUT2D eigenvalue weighted by atomic mass is 9.80. The van der Waals surface area contributed by atoms with Crippen molar-refractivity contribution in [3.63, 3.8) is 0 Å². The Bertz CT molecular complexity index is 782. The number of alkyl halides is 1. The Morgan fingerprint density at radius 1 is 1.23 bits per heavy atom. The average Bonchev–Trinajstić information content (AvgIpc) is 3.60. The van der Waals surface area contributed by atoms with Crippen LogP contribution in [0.1, 0.15) is 45.4 Å². The van der Waals surface area contributed by atoms with Gasteiger partial charge >= 0.3 is 0 Å². The van der Waals surface area contributed by atoms with E-state index in [2.05, 4.69) is 21.2 Å². The summed E-state index contributed by atoms with van der Waals surface area (Å²) in [5.41, 5.74) is 4.03. The highest BCUT2D eigenvalue weighted by Gasteiger charge is 2.43. The summed E-state index contributed by atoms with van der Waals surface area (Å²) >= 11 is 6.50. The van der Waals surface area contributed by atoms with Crippen molar-refractivity contribution in [2.75, 3.05) is 33.9 Å². The molecule has 198 valence electrons. The molecule has 0 bridgehead atoms. The molecule has 0 aromatic carbocycles. The monoisotopic (exact) mass is 515 g/mol. The minimum atomic E-state index is -0.697. The van der Waals surface area contributed by atoms with Gasteiger partial charge < -0.3 is 29.7 Å². The van der Waals surface area contributed by atoms with Crippen molar-refractivity contribution < 1.29 is 28.6 Å². The fourth-order valence-corrected chi connectivity index (χ4v) is 5.74. The van der Waals surface area contributed by atoms with Crippen LogP contribution in [0, 0.1) is 5.92 Å². The molecule has 11 nitrogen and oxygen atoms in total. The van der Waals surface area contributed by atoms with Crippen LogP contribution in [0.15, 0.2) is 5.16 Å². The SMILES string of the molecule is COC1CC(OC)C(C2=NOC(C(=O)NC3CC(C)N(CC(=O)NCC4CCCO4)N3)C2)CC1Cl. The third kappa shape index (κ3) is 6.64. The lowest BCUT2D eigenvalue weighted by Crippen LogP contribution is -2.51. The van der Waals surface area contributed by atoms with Crippen LogP contribution >= 0.6 is 11.6 Å². The number of methoxy groups -OCH3 is 2. The van der Waals surface area contributed by atoms with E-state index in [1.807, 2.05) is 11.9 Å². The van der Waals surface area contributed by atoms with Gasteiger partial charge in [0.2, 0.25) is 12.0 Å². The van der Waals surface area contributed by atoms with E-state index < -0.39 is 6.10 Å². The van der Waals surface area contributed by atoms with Crippen molar-refractivity contribution in [2.45, 2.75) is 87.4 Å². The van der Waals surface area contributed by atoms with Gasteiger partial charge in [-0.1, -0.05) is 5.16 Å². The lowest BCUT2D eigenvalue weighted by molar-refractivity contribution is -0.132. The van der Waals surface area contributed by atoms with E-state index in [1.165, 1.54) is 0 Å². The standard InChI is InChI=1S/C23H38ClN5O6/c1-13-7-21(27-29(13)12-22(30)25-11-14-5-4-6-34-14)26-23(31)20-9-17(28-35-20)15-8-16(24)19(33-3)10-18(15)32-2/h13-16,18-21,27H,4-12H2,1-3H3,(H,25,30)(H,26,31). The summed E-state index contributed by atoms with van der Waals surface area (Å²) in [5, 5.41) is 11.8. The van der Waals surface area contributed by atoms with Gasteiger partial charge in [-0.15, -0.1) is 11.6 Å². The first kappa shape index (κ1) is 26.6. The molecule has 0 radical (unpaired) electrons. The first-order chi connectivity index (χ1) is 16.9. The van der Waals surface area contributed by atoms with E-state index >= 15 is 0 Å². The minimum absolute atomic E-state index is 0.0139. The topological polar surface area (TPSA) is 123 Å². The molecule has 3 aliphatic heterocycles. The zero-order valence-corrected chi connectivity index (χ0v) is 21.5. The third-order valence-electron chi connectivity index (χ3n) is 7.43. The number of oxime groups is 1. The molecule has 4 aliphatic rings. The summed E-state index contributed by atoms with van der Waals surface area (Å²) in [5.74, 6) is -0.322. The van der Waals surface area contributed by atoms with Crippen LogP contribution < -0.4 is 16.1 Å². The lowest BCUT2D eigenvalue weighted by Gasteiger charge is -2.37. The second kappa shape index (κ2) is 12.2. The minimum Gasteiger partial charge on any atom is -0.382 e. The van der Waals surface area contributed by atoms with Crippen molar-refractivity contribution >= 4 is 29.1 Å². The fraction of sp³-hybridized carbons (Fsp3) is 0.870. The van der Waals surface area contributed by atoms with Crippen LogP contribution in [0.2, 0.25) is 0 Å². The highest BCUT2D eigenvalue weighted by atomic mass is 35.5. The van der Waals surface area contributed by atoms with Gasteiger partial charge in [0.25, 0.3) is 5.91 Å². The molecule has 3 heterocycles. The van der Waals surface area contributed by atoms with Crippen molar-refractivity contribution in [2.24, 2.45) is 11.1 Å². The fourth-order valence-electron chi connectivity index (χ4n) is 5.35. The number of carbonyl (C=O) groups excluding carboxylic acids is 2. The van der Waals surface area contributed by atoms with Crippen molar-refractivity contribution in [1.29, 1.82) is 0 Å². The van der Waals surface area contributed by atoms with E-state index in [9.17, 15) is 9.59 Å². The highest BCUT2D eigenvalue weighted by molar-refractivity contribution is 6.21. The number of halogens is 1. The number of amides is 2. The van der Waals surface area contributed by atoms with Crippen LogP contribution in [0.3, 0.4) is 0 Å². The number of nitrogens with zero attached hydrogens (tertiary/aromatic N) is 2. The maximum Gasteiger partial charge on any atom is 0.265 e. The number of hydrogen-bond acceptors (Lipinski definition) is 9. The summed E-state index contributed by atoms with van der Waals surface area (Å²) in [6, 6.07) is 0.0872. The van der Waals surface area contributed by atoms with Gasteiger partial charge in [-0.2, -0.15) is 0 Å². The first-order valence-electron chi connectivity index (χ1n) is 12.5. The van der Waals surface area contributed by atoms with Gasteiger partial charge in [0.15, 0.2) is 0 Å². The van der Waals surface area contributed by atoms with Gasteiger partial charge in [0.1, 0.15) is 0 Å². The van der Waals surface area contributed by atoms with E-state index in [4.69, 9.17) is 30.6 Å².